The molecule has 0 atom stereocenters. The van der Waals surface area contributed by atoms with Gasteiger partial charge in [-0.1, -0.05) is 55.4 Å². The second kappa shape index (κ2) is 11.2. The number of alkyl halides is 3. The van der Waals surface area contributed by atoms with Crippen LogP contribution >= 0.6 is 11.9 Å². The molecule has 3 rings (SSSR count). The maximum Gasteiger partial charge on any atom is 0.573 e. The lowest BCUT2D eigenvalue weighted by molar-refractivity contribution is -0.274. The Hall–Kier alpha value is -1.94. The summed E-state index contributed by atoms with van der Waals surface area (Å²) in [5.41, 5.74) is 5.24. The van der Waals surface area contributed by atoms with Crippen molar-refractivity contribution in [1.82, 2.24) is 14.9 Å². The molecule has 0 radical (unpaired) electrons. The molecule has 1 saturated carbocycles. The summed E-state index contributed by atoms with van der Waals surface area (Å²) in [6.07, 6.45) is 2.52. The van der Waals surface area contributed by atoms with Crippen LogP contribution in [0.2, 0.25) is 0 Å². The number of para-hydroxylation sites is 1. The monoisotopic (exact) mass is 418 g/mol. The first-order valence-corrected chi connectivity index (χ1v) is 10.2. The highest BCUT2D eigenvalue weighted by Crippen LogP contribution is 2.32. The molecule has 1 aromatic heterocycles. The molecular formula is C18H25F3N4O2S. The van der Waals surface area contributed by atoms with Gasteiger partial charge in [-0.15, -0.1) is 13.2 Å². The maximum absolute atomic E-state index is 12.1. The number of ether oxygens (including phenoxy) is 1. The lowest BCUT2D eigenvalue weighted by Crippen LogP contribution is -2.19. The highest BCUT2D eigenvalue weighted by Gasteiger charge is 2.32. The summed E-state index contributed by atoms with van der Waals surface area (Å²) in [6, 6.07) is 5.20. The number of hydrogen-bond acceptors (Lipinski definition) is 7. The number of hydrogen-bond donors (Lipinski definition) is 2. The second-order valence-electron chi connectivity index (χ2n) is 6.29. The first-order valence-electron chi connectivity index (χ1n) is 9.18. The van der Waals surface area contributed by atoms with Crippen molar-refractivity contribution in [1.29, 1.82) is 0 Å². The average Bonchev–Trinajstić information content (AvgIpc) is 3.09. The molecule has 156 valence electrons. The molecule has 28 heavy (non-hydrogen) atoms. The lowest BCUT2D eigenvalue weighted by Gasteiger charge is -2.21. The van der Waals surface area contributed by atoms with Gasteiger partial charge in [0.15, 0.2) is 0 Å². The molecule has 0 spiro atoms. The summed E-state index contributed by atoms with van der Waals surface area (Å²) in [5, 5.41) is 3.42. The van der Waals surface area contributed by atoms with Crippen LogP contribution in [0.3, 0.4) is 0 Å². The minimum absolute atomic E-state index is 0.0466. The smallest absolute Gasteiger partial charge is 0.405 e. The number of nitrogens with one attached hydrogen (secondary N) is 1. The van der Waals surface area contributed by atoms with Crippen molar-refractivity contribution in [3.05, 3.63) is 24.3 Å². The van der Waals surface area contributed by atoms with E-state index < -0.39 is 12.1 Å². The zero-order valence-electron chi connectivity index (χ0n) is 15.7. The molecule has 0 amide bonds. The molecule has 0 unspecified atom stereocenters. The molecule has 3 N–H and O–H groups in total. The van der Waals surface area contributed by atoms with Gasteiger partial charge in [0.1, 0.15) is 5.75 Å². The molecule has 10 heteroatoms. The van der Waals surface area contributed by atoms with Gasteiger partial charge in [0.2, 0.25) is 5.82 Å². The Morgan fingerprint density at radius 3 is 2.57 bits per heavy atom. The topological polar surface area (TPSA) is 86.2 Å². The lowest BCUT2D eigenvalue weighted by atomic mass is 9.90. The fourth-order valence-electron chi connectivity index (χ4n) is 2.88. The summed E-state index contributed by atoms with van der Waals surface area (Å²) in [5.74, 6) is 1.68. The number of nitrogen functional groups attached to an aromatic ring is 1. The van der Waals surface area contributed by atoms with Crippen LogP contribution in [0.15, 0.2) is 28.8 Å². The predicted molar refractivity (Wildman–Crippen MR) is 104 cm³/mol. The van der Waals surface area contributed by atoms with Crippen LogP contribution in [-0.2, 0) is 0 Å². The van der Waals surface area contributed by atoms with Crippen molar-refractivity contribution in [2.75, 3.05) is 18.0 Å². The van der Waals surface area contributed by atoms with Crippen molar-refractivity contribution in [3.63, 3.8) is 0 Å². The highest BCUT2D eigenvalue weighted by molar-refractivity contribution is 7.97. The SMILES string of the molecule is CCSNCC1CCCCC1.Nc1nc(-c2ccccc2OC(F)(F)F)no1. The minimum Gasteiger partial charge on any atom is -0.405 e. The Bertz CT molecular complexity index is 706. The fourth-order valence-corrected chi connectivity index (χ4v) is 3.44. The third kappa shape index (κ3) is 7.97. The molecule has 2 aromatic rings. The summed E-state index contributed by atoms with van der Waals surface area (Å²) in [6.45, 7) is 3.43. The number of rotatable bonds is 6. The third-order valence-corrected chi connectivity index (χ3v) is 4.80. The standard InChI is InChI=1S/C9H6F3N3O2.C9H19NS/c10-9(11,12)16-6-4-2-1-3-5(6)7-14-8(13)17-15-7;1-2-11-10-8-9-6-4-3-5-7-9/h1-4H,(H2,13,14,15);9-10H,2-8H2,1H3. The van der Waals surface area contributed by atoms with Gasteiger partial charge in [0.05, 0.1) is 5.56 Å². The molecular weight excluding hydrogens is 393 g/mol. The van der Waals surface area contributed by atoms with E-state index in [4.69, 9.17) is 5.73 Å². The van der Waals surface area contributed by atoms with Gasteiger partial charge in [0.25, 0.3) is 0 Å². The van der Waals surface area contributed by atoms with E-state index in [1.165, 1.54) is 62.6 Å². The van der Waals surface area contributed by atoms with E-state index in [2.05, 4.69) is 31.0 Å². The fraction of sp³-hybridized carbons (Fsp3) is 0.556. The predicted octanol–water partition coefficient (Wildman–Crippen LogP) is 5.04. The molecule has 0 aliphatic heterocycles. The van der Waals surface area contributed by atoms with E-state index in [0.29, 0.717) is 0 Å². The molecule has 1 aliphatic carbocycles. The number of benzene rings is 1. The van der Waals surface area contributed by atoms with Crippen molar-refractivity contribution >= 4 is 18.0 Å². The molecule has 0 saturated heterocycles. The maximum atomic E-state index is 12.1. The summed E-state index contributed by atoms with van der Waals surface area (Å²) < 4.78 is 48.1. The zero-order valence-corrected chi connectivity index (χ0v) is 16.5. The zero-order chi connectivity index (χ0) is 20.4. The largest absolute Gasteiger partial charge is 0.573 e. The van der Waals surface area contributed by atoms with E-state index in [1.54, 1.807) is 0 Å². The van der Waals surface area contributed by atoms with Crippen LogP contribution in [-0.4, -0.2) is 28.8 Å². The van der Waals surface area contributed by atoms with Crippen molar-refractivity contribution in [3.8, 4) is 17.1 Å². The van der Waals surface area contributed by atoms with E-state index >= 15 is 0 Å². The summed E-state index contributed by atoms with van der Waals surface area (Å²) >= 11 is 1.85. The molecule has 0 bridgehead atoms. The quantitative estimate of drug-likeness (QED) is 0.502. The number of nitrogens with zero attached hydrogens (tertiary/aromatic N) is 2. The Balaban J connectivity index is 0.000000221. The Kier molecular flexibility index (Phi) is 8.91. The Morgan fingerprint density at radius 1 is 1.25 bits per heavy atom. The van der Waals surface area contributed by atoms with Crippen LogP contribution in [0.4, 0.5) is 19.2 Å². The highest BCUT2D eigenvalue weighted by atomic mass is 32.2. The van der Waals surface area contributed by atoms with Gasteiger partial charge in [-0.25, -0.2) is 0 Å². The molecule has 1 fully saturated rings. The number of nitrogens with two attached hydrogens (primary N) is 1. The van der Waals surface area contributed by atoms with Gasteiger partial charge < -0.3 is 15.0 Å². The number of aromatic nitrogens is 2. The summed E-state index contributed by atoms with van der Waals surface area (Å²) in [7, 11) is 0. The first kappa shape index (κ1) is 22.4. The van der Waals surface area contributed by atoms with Crippen molar-refractivity contribution in [2.45, 2.75) is 45.4 Å². The van der Waals surface area contributed by atoms with E-state index in [0.717, 1.165) is 12.0 Å². The average molecular weight is 418 g/mol. The number of halogens is 3. The Morgan fingerprint density at radius 2 is 1.96 bits per heavy atom. The molecule has 1 aliphatic rings. The van der Waals surface area contributed by atoms with Gasteiger partial charge in [0, 0.05) is 12.3 Å². The van der Waals surface area contributed by atoms with Gasteiger partial charge in [-0.2, -0.15) is 4.98 Å². The van der Waals surface area contributed by atoms with Crippen molar-refractivity contribution in [2.24, 2.45) is 5.92 Å². The van der Waals surface area contributed by atoms with Crippen LogP contribution in [0.5, 0.6) is 5.75 Å². The molecule has 6 nitrogen and oxygen atoms in total. The first-order chi connectivity index (χ1) is 13.4. The van der Waals surface area contributed by atoms with Crippen LogP contribution in [0.25, 0.3) is 11.4 Å². The minimum atomic E-state index is -4.79. The van der Waals surface area contributed by atoms with Crippen molar-refractivity contribution < 1.29 is 22.4 Å². The van der Waals surface area contributed by atoms with E-state index in [-0.39, 0.29) is 17.4 Å². The van der Waals surface area contributed by atoms with Crippen LogP contribution in [0, 0.1) is 5.92 Å². The molecule has 1 aromatic carbocycles. The summed E-state index contributed by atoms with van der Waals surface area (Å²) in [4.78, 5) is 3.62. The third-order valence-electron chi connectivity index (χ3n) is 4.14. The van der Waals surface area contributed by atoms with E-state index in [1.807, 2.05) is 11.9 Å². The van der Waals surface area contributed by atoms with E-state index in [9.17, 15) is 13.2 Å². The normalized spacial score (nSPS) is 15.0. The van der Waals surface area contributed by atoms with Crippen LogP contribution in [0.1, 0.15) is 39.0 Å². The number of anilines is 1. The van der Waals surface area contributed by atoms with Crippen LogP contribution < -0.4 is 15.2 Å². The second-order valence-corrected chi connectivity index (χ2v) is 7.44. The Labute approximate surface area is 166 Å². The molecule has 1 heterocycles. The van der Waals surface area contributed by atoms with Gasteiger partial charge in [-0.3, -0.25) is 4.72 Å². The van der Waals surface area contributed by atoms with Gasteiger partial charge >= 0.3 is 12.4 Å². The van der Waals surface area contributed by atoms with Gasteiger partial charge in [-0.05, 0) is 30.9 Å².